The predicted octanol–water partition coefficient (Wildman–Crippen LogP) is 4.33. The summed E-state index contributed by atoms with van der Waals surface area (Å²) in [5.41, 5.74) is 2.29. The van der Waals surface area contributed by atoms with Crippen molar-refractivity contribution in [2.24, 2.45) is 5.41 Å². The maximum atomic E-state index is 12.0. The molecule has 0 heterocycles. The molecule has 1 unspecified atom stereocenters. The van der Waals surface area contributed by atoms with Crippen molar-refractivity contribution in [1.82, 2.24) is 5.32 Å². The number of halogens is 1. The lowest BCUT2D eigenvalue weighted by Gasteiger charge is -2.32. The highest BCUT2D eigenvalue weighted by atomic mass is 79.9. The van der Waals surface area contributed by atoms with E-state index in [1.807, 2.05) is 18.2 Å². The van der Waals surface area contributed by atoms with Gasteiger partial charge in [0, 0.05) is 18.2 Å². The van der Waals surface area contributed by atoms with E-state index in [0.29, 0.717) is 6.42 Å². The number of hydrogen-bond donors (Lipinski definition) is 1. The molecule has 19 heavy (non-hydrogen) atoms. The van der Waals surface area contributed by atoms with Crippen LogP contribution in [-0.2, 0) is 4.79 Å². The van der Waals surface area contributed by atoms with Gasteiger partial charge in [0.05, 0.1) is 4.48 Å². The first-order valence-electron chi connectivity index (χ1n) is 6.62. The van der Waals surface area contributed by atoms with E-state index in [1.54, 1.807) is 0 Å². The number of carbonyl (C=O) groups is 1. The summed E-state index contributed by atoms with van der Waals surface area (Å²) in [4.78, 5) is 12.0. The number of rotatable bonds is 3. The summed E-state index contributed by atoms with van der Waals surface area (Å²) < 4.78 is 0.717. The minimum Gasteiger partial charge on any atom is -0.381 e. The Labute approximate surface area is 123 Å². The third kappa shape index (κ3) is 3.47. The van der Waals surface area contributed by atoms with Gasteiger partial charge in [0.1, 0.15) is 0 Å². The summed E-state index contributed by atoms with van der Waals surface area (Å²) in [6, 6.07) is 10.5. The number of ketones is 1. The van der Waals surface area contributed by atoms with Crippen LogP contribution in [0.5, 0.6) is 0 Å². The number of Topliss-reactive ketones (excluding diaryl/α,β-unsaturated/α-hetero) is 1. The van der Waals surface area contributed by atoms with Crippen molar-refractivity contribution in [1.29, 1.82) is 0 Å². The van der Waals surface area contributed by atoms with Gasteiger partial charge < -0.3 is 5.32 Å². The number of benzene rings is 1. The third-order valence-corrected chi connectivity index (χ3v) is 4.42. The summed E-state index contributed by atoms with van der Waals surface area (Å²) in [5.74, 6) is 0.194. The first-order valence-corrected chi connectivity index (χ1v) is 7.42. The Balaban J connectivity index is 2.18. The van der Waals surface area contributed by atoms with Crippen LogP contribution in [0, 0.1) is 5.41 Å². The molecule has 0 aromatic heterocycles. The molecule has 0 bridgehead atoms. The van der Waals surface area contributed by atoms with Crippen LogP contribution in [0.3, 0.4) is 0 Å². The van der Waals surface area contributed by atoms with Gasteiger partial charge >= 0.3 is 0 Å². The molecule has 2 rings (SSSR count). The lowest BCUT2D eigenvalue weighted by atomic mass is 9.78. The fourth-order valence-corrected chi connectivity index (χ4v) is 2.89. The van der Waals surface area contributed by atoms with Crippen molar-refractivity contribution in [2.75, 3.05) is 0 Å². The van der Waals surface area contributed by atoms with Crippen molar-refractivity contribution >= 4 is 21.7 Å². The molecule has 0 amide bonds. The molecule has 1 aliphatic carbocycles. The Bertz CT molecular complexity index is 505. The van der Waals surface area contributed by atoms with Gasteiger partial charge in [-0.15, -0.1) is 0 Å². The first kappa shape index (κ1) is 14.3. The molecule has 3 heteroatoms. The summed E-state index contributed by atoms with van der Waals surface area (Å²) in [6.07, 6.45) is 1.51. The zero-order valence-corrected chi connectivity index (χ0v) is 13.3. The molecule has 102 valence electrons. The van der Waals surface area contributed by atoms with Crippen LogP contribution >= 0.6 is 15.9 Å². The molecular weight excluding hydrogens is 302 g/mol. The first-order chi connectivity index (χ1) is 8.89. The van der Waals surface area contributed by atoms with E-state index in [-0.39, 0.29) is 17.2 Å². The highest BCUT2D eigenvalue weighted by molar-refractivity contribution is 9.12. The van der Waals surface area contributed by atoms with Gasteiger partial charge in [-0.2, -0.15) is 0 Å². The standard InChI is InChI=1S/C16H20BrNO/c1-11(12-7-5-4-6-8-12)18-13-9-16(2,3)10-14(19)15(13)17/h4-8,11,18H,9-10H2,1-3H3. The number of hydrogen-bond acceptors (Lipinski definition) is 2. The SMILES string of the molecule is CC(NC1=C(Br)C(=O)CC(C)(C)C1)c1ccccc1. The Morgan fingerprint density at radius 3 is 2.47 bits per heavy atom. The Kier molecular flexibility index (Phi) is 4.14. The highest BCUT2D eigenvalue weighted by Crippen LogP contribution is 2.38. The Morgan fingerprint density at radius 2 is 1.84 bits per heavy atom. The smallest absolute Gasteiger partial charge is 0.172 e. The average molecular weight is 322 g/mol. The van der Waals surface area contributed by atoms with Gasteiger partial charge in [-0.1, -0.05) is 44.2 Å². The largest absolute Gasteiger partial charge is 0.381 e. The summed E-state index contributed by atoms with van der Waals surface area (Å²) >= 11 is 3.44. The normalized spacial score (nSPS) is 20.3. The molecule has 1 aliphatic rings. The van der Waals surface area contributed by atoms with E-state index >= 15 is 0 Å². The molecular formula is C16H20BrNO. The highest BCUT2D eigenvalue weighted by Gasteiger charge is 2.32. The van der Waals surface area contributed by atoms with Crippen LogP contribution in [0.15, 0.2) is 40.5 Å². The van der Waals surface area contributed by atoms with Crippen molar-refractivity contribution in [2.45, 2.75) is 39.7 Å². The molecule has 0 fully saturated rings. The van der Waals surface area contributed by atoms with Crippen LogP contribution in [0.2, 0.25) is 0 Å². The van der Waals surface area contributed by atoms with E-state index in [1.165, 1.54) is 5.56 Å². The summed E-state index contributed by atoms with van der Waals surface area (Å²) in [7, 11) is 0. The molecule has 1 atom stereocenters. The monoisotopic (exact) mass is 321 g/mol. The van der Waals surface area contributed by atoms with Crippen LogP contribution in [0.4, 0.5) is 0 Å². The predicted molar refractivity (Wildman–Crippen MR) is 82.0 cm³/mol. The average Bonchev–Trinajstić information content (AvgIpc) is 2.35. The molecule has 1 N–H and O–H groups in total. The minimum atomic E-state index is 0.0348. The molecule has 0 saturated heterocycles. The van der Waals surface area contributed by atoms with Crippen LogP contribution in [0.25, 0.3) is 0 Å². The van der Waals surface area contributed by atoms with Crippen molar-refractivity contribution in [3.8, 4) is 0 Å². The maximum Gasteiger partial charge on any atom is 0.172 e. The van der Waals surface area contributed by atoms with Gasteiger partial charge in [-0.25, -0.2) is 0 Å². The lowest BCUT2D eigenvalue weighted by Crippen LogP contribution is -2.31. The van der Waals surface area contributed by atoms with E-state index in [4.69, 9.17) is 0 Å². The molecule has 0 radical (unpaired) electrons. The topological polar surface area (TPSA) is 29.1 Å². The number of allylic oxidation sites excluding steroid dienone is 2. The van der Waals surface area contributed by atoms with E-state index in [2.05, 4.69) is 54.2 Å². The van der Waals surface area contributed by atoms with Crippen molar-refractivity contribution < 1.29 is 4.79 Å². The molecule has 0 saturated carbocycles. The Morgan fingerprint density at radius 1 is 1.21 bits per heavy atom. The number of nitrogens with one attached hydrogen (secondary N) is 1. The fraction of sp³-hybridized carbons (Fsp3) is 0.438. The summed E-state index contributed by atoms with van der Waals surface area (Å²) in [5, 5.41) is 3.48. The van der Waals surface area contributed by atoms with Crippen LogP contribution in [-0.4, -0.2) is 5.78 Å². The summed E-state index contributed by atoms with van der Waals surface area (Å²) in [6.45, 7) is 6.40. The van der Waals surface area contributed by atoms with Crippen LogP contribution in [0.1, 0.15) is 45.2 Å². The second-order valence-corrected chi connectivity index (χ2v) is 6.80. The van der Waals surface area contributed by atoms with Gasteiger partial charge in [0.15, 0.2) is 5.78 Å². The van der Waals surface area contributed by atoms with Gasteiger partial charge in [-0.3, -0.25) is 4.79 Å². The molecule has 0 spiro atoms. The third-order valence-electron chi connectivity index (χ3n) is 3.49. The van der Waals surface area contributed by atoms with Gasteiger partial charge in [-0.05, 0) is 40.3 Å². The van der Waals surface area contributed by atoms with Crippen molar-refractivity contribution in [3.05, 3.63) is 46.1 Å². The number of carbonyl (C=O) groups excluding carboxylic acids is 1. The van der Waals surface area contributed by atoms with Crippen LogP contribution < -0.4 is 5.32 Å². The molecule has 1 aromatic rings. The van der Waals surface area contributed by atoms with E-state index in [9.17, 15) is 4.79 Å². The zero-order chi connectivity index (χ0) is 14.0. The Hall–Kier alpha value is -1.09. The van der Waals surface area contributed by atoms with Gasteiger partial charge in [0.2, 0.25) is 0 Å². The minimum absolute atomic E-state index is 0.0348. The zero-order valence-electron chi connectivity index (χ0n) is 11.7. The maximum absolute atomic E-state index is 12.0. The lowest BCUT2D eigenvalue weighted by molar-refractivity contribution is -0.117. The van der Waals surface area contributed by atoms with E-state index in [0.717, 1.165) is 16.6 Å². The van der Waals surface area contributed by atoms with Gasteiger partial charge in [0.25, 0.3) is 0 Å². The second kappa shape index (κ2) is 5.49. The second-order valence-electron chi connectivity index (χ2n) is 6.01. The molecule has 2 nitrogen and oxygen atoms in total. The van der Waals surface area contributed by atoms with Crippen molar-refractivity contribution in [3.63, 3.8) is 0 Å². The molecule has 1 aromatic carbocycles. The molecule has 0 aliphatic heterocycles. The quantitative estimate of drug-likeness (QED) is 0.897. The van der Waals surface area contributed by atoms with E-state index < -0.39 is 0 Å². The fourth-order valence-electron chi connectivity index (χ4n) is 2.50.